The molecule has 32 heavy (non-hydrogen) atoms. The molecule has 2 aromatic carbocycles. The Hall–Kier alpha value is -3.55. The Bertz CT molecular complexity index is 1110. The summed E-state index contributed by atoms with van der Waals surface area (Å²) in [6, 6.07) is 12.2. The van der Waals surface area contributed by atoms with Crippen molar-refractivity contribution in [1.82, 2.24) is 19.8 Å². The largest absolute Gasteiger partial charge is 0.342 e. The van der Waals surface area contributed by atoms with E-state index in [2.05, 4.69) is 10.3 Å². The maximum Gasteiger partial charge on any atom is 0.256 e. The van der Waals surface area contributed by atoms with Crippen molar-refractivity contribution in [3.05, 3.63) is 89.5 Å². The fourth-order valence-corrected chi connectivity index (χ4v) is 4.04. The molecule has 1 aliphatic heterocycles. The molecular formula is C24H24F2N4O2. The minimum absolute atomic E-state index is 0.109. The van der Waals surface area contributed by atoms with Crippen LogP contribution in [-0.4, -0.2) is 39.4 Å². The van der Waals surface area contributed by atoms with Gasteiger partial charge in [-0.3, -0.25) is 9.59 Å². The lowest BCUT2D eigenvalue weighted by molar-refractivity contribution is -0.126. The second-order valence-electron chi connectivity index (χ2n) is 7.94. The molecule has 8 heteroatoms. The molecule has 0 aliphatic carbocycles. The molecule has 6 nitrogen and oxygen atoms in total. The molecule has 2 amide bonds. The van der Waals surface area contributed by atoms with Crippen molar-refractivity contribution in [2.75, 3.05) is 13.1 Å². The average molecular weight is 438 g/mol. The maximum atomic E-state index is 14.0. The first kappa shape index (κ1) is 21.7. The zero-order valence-corrected chi connectivity index (χ0v) is 17.7. The highest BCUT2D eigenvalue weighted by Gasteiger charge is 2.31. The van der Waals surface area contributed by atoms with Crippen LogP contribution in [0.25, 0.3) is 0 Å². The van der Waals surface area contributed by atoms with E-state index >= 15 is 0 Å². The predicted octanol–water partition coefficient (Wildman–Crippen LogP) is 3.46. The van der Waals surface area contributed by atoms with Crippen LogP contribution in [0.3, 0.4) is 0 Å². The van der Waals surface area contributed by atoms with Crippen molar-refractivity contribution in [3.8, 4) is 0 Å². The molecule has 1 atom stereocenters. The molecule has 4 rings (SSSR count). The highest BCUT2D eigenvalue weighted by atomic mass is 19.1. The van der Waals surface area contributed by atoms with Gasteiger partial charge in [0.1, 0.15) is 23.5 Å². The summed E-state index contributed by atoms with van der Waals surface area (Å²) in [5, 5.41) is 3.11. The van der Waals surface area contributed by atoms with E-state index in [1.165, 1.54) is 4.90 Å². The zero-order valence-electron chi connectivity index (χ0n) is 17.7. The van der Waals surface area contributed by atoms with Crippen LogP contribution in [0.5, 0.6) is 0 Å². The second-order valence-corrected chi connectivity index (χ2v) is 7.94. The molecule has 166 valence electrons. The van der Waals surface area contributed by atoms with Gasteiger partial charge in [0, 0.05) is 44.5 Å². The standard InChI is InChI=1S/C24H24F2N4O2/c1-29-14-11-27-22(29)21(16-5-3-2-4-6-16)28-23(31)17-9-12-30(13-10-17)24(32)19-8-7-18(25)15-20(19)26/h2-8,11,14-15,17,21H,9-10,12-13H2,1H3,(H,28,31). The van der Waals surface area contributed by atoms with Gasteiger partial charge in [0.05, 0.1) is 5.56 Å². The van der Waals surface area contributed by atoms with Gasteiger partial charge in [-0.25, -0.2) is 13.8 Å². The molecule has 0 spiro atoms. The summed E-state index contributed by atoms with van der Waals surface area (Å²) < 4.78 is 29.0. The van der Waals surface area contributed by atoms with Crippen molar-refractivity contribution in [3.63, 3.8) is 0 Å². The summed E-state index contributed by atoms with van der Waals surface area (Å²) in [4.78, 5) is 31.6. The number of nitrogens with zero attached hydrogens (tertiary/aromatic N) is 3. The number of aromatic nitrogens is 2. The van der Waals surface area contributed by atoms with E-state index in [1.54, 1.807) is 6.20 Å². The number of carbonyl (C=O) groups is 2. The average Bonchev–Trinajstić information content (AvgIpc) is 3.23. The molecule has 0 bridgehead atoms. The van der Waals surface area contributed by atoms with Gasteiger partial charge in [-0.15, -0.1) is 0 Å². The first-order valence-electron chi connectivity index (χ1n) is 10.5. The number of likely N-dealkylation sites (tertiary alicyclic amines) is 1. The van der Waals surface area contributed by atoms with Crippen LogP contribution >= 0.6 is 0 Å². The van der Waals surface area contributed by atoms with E-state index in [9.17, 15) is 18.4 Å². The monoisotopic (exact) mass is 438 g/mol. The third-order valence-electron chi connectivity index (χ3n) is 5.85. The fourth-order valence-electron chi connectivity index (χ4n) is 4.04. The second kappa shape index (κ2) is 9.30. The van der Waals surface area contributed by atoms with E-state index in [4.69, 9.17) is 0 Å². The molecule has 3 aromatic rings. The Morgan fingerprint density at radius 1 is 1.09 bits per heavy atom. The number of amides is 2. The van der Waals surface area contributed by atoms with Gasteiger partial charge in [0.25, 0.3) is 5.91 Å². The number of hydrogen-bond acceptors (Lipinski definition) is 3. The number of aryl methyl sites for hydroxylation is 1. The molecule has 1 saturated heterocycles. The number of rotatable bonds is 5. The number of imidazole rings is 1. The lowest BCUT2D eigenvalue weighted by atomic mass is 9.94. The number of halogens is 2. The van der Waals surface area contributed by atoms with Gasteiger partial charge in [0.2, 0.25) is 5.91 Å². The van der Waals surface area contributed by atoms with Gasteiger partial charge in [-0.2, -0.15) is 0 Å². The third-order valence-corrected chi connectivity index (χ3v) is 5.85. The number of hydrogen-bond donors (Lipinski definition) is 1. The van der Waals surface area contributed by atoms with Crippen LogP contribution in [0, 0.1) is 17.6 Å². The molecular weight excluding hydrogens is 414 g/mol. The third kappa shape index (κ3) is 4.54. The van der Waals surface area contributed by atoms with Crippen LogP contribution in [0.4, 0.5) is 8.78 Å². The van der Waals surface area contributed by atoms with E-state index in [-0.39, 0.29) is 17.4 Å². The fraction of sp³-hybridized carbons (Fsp3) is 0.292. The Morgan fingerprint density at radius 3 is 2.44 bits per heavy atom. The molecule has 0 radical (unpaired) electrons. The summed E-state index contributed by atoms with van der Waals surface area (Å²) in [7, 11) is 1.88. The van der Waals surface area contributed by atoms with Gasteiger partial charge < -0.3 is 14.8 Å². The quantitative estimate of drug-likeness (QED) is 0.664. The summed E-state index contributed by atoms with van der Waals surface area (Å²) in [5.74, 6) is -1.75. The van der Waals surface area contributed by atoms with Gasteiger partial charge in [-0.05, 0) is 30.5 Å². The van der Waals surface area contributed by atoms with Crippen LogP contribution < -0.4 is 5.32 Å². The number of nitrogens with one attached hydrogen (secondary N) is 1. The number of piperidine rings is 1. The number of carbonyl (C=O) groups excluding carboxylic acids is 2. The summed E-state index contributed by atoms with van der Waals surface area (Å²) in [6.07, 6.45) is 4.44. The Kier molecular flexibility index (Phi) is 6.30. The topological polar surface area (TPSA) is 67.2 Å². The smallest absolute Gasteiger partial charge is 0.256 e. The van der Waals surface area contributed by atoms with Crippen molar-refractivity contribution in [2.24, 2.45) is 13.0 Å². The molecule has 0 saturated carbocycles. The van der Waals surface area contributed by atoms with Crippen LogP contribution in [0.15, 0.2) is 60.9 Å². The molecule has 1 aliphatic rings. The molecule has 1 N–H and O–H groups in total. The van der Waals surface area contributed by atoms with Crippen molar-refractivity contribution in [1.29, 1.82) is 0 Å². The first-order chi connectivity index (χ1) is 15.4. The highest BCUT2D eigenvalue weighted by Crippen LogP contribution is 2.24. The van der Waals surface area contributed by atoms with E-state index in [1.807, 2.05) is 48.1 Å². The van der Waals surface area contributed by atoms with Crippen molar-refractivity contribution >= 4 is 11.8 Å². The normalized spacial score (nSPS) is 15.4. The van der Waals surface area contributed by atoms with E-state index in [0.29, 0.717) is 32.0 Å². The Labute approximate surface area is 184 Å². The summed E-state index contributed by atoms with van der Waals surface area (Å²) >= 11 is 0. The lowest BCUT2D eigenvalue weighted by Crippen LogP contribution is -2.44. The zero-order chi connectivity index (χ0) is 22.7. The van der Waals surface area contributed by atoms with Gasteiger partial charge in [-0.1, -0.05) is 30.3 Å². The van der Waals surface area contributed by atoms with Gasteiger partial charge in [0.15, 0.2) is 0 Å². The minimum atomic E-state index is -0.879. The minimum Gasteiger partial charge on any atom is -0.342 e. The molecule has 1 fully saturated rings. The Morgan fingerprint density at radius 2 is 1.81 bits per heavy atom. The lowest BCUT2D eigenvalue weighted by Gasteiger charge is -2.32. The van der Waals surface area contributed by atoms with E-state index < -0.39 is 23.6 Å². The van der Waals surface area contributed by atoms with Gasteiger partial charge >= 0.3 is 0 Å². The summed E-state index contributed by atoms with van der Waals surface area (Å²) in [5.41, 5.74) is 0.766. The molecule has 1 aromatic heterocycles. The molecule has 2 heterocycles. The SMILES string of the molecule is Cn1ccnc1C(NC(=O)C1CCN(C(=O)c2ccc(F)cc2F)CC1)c1ccccc1. The predicted molar refractivity (Wildman–Crippen MR) is 115 cm³/mol. The van der Waals surface area contributed by atoms with Crippen LogP contribution in [0.1, 0.15) is 40.6 Å². The van der Waals surface area contributed by atoms with Crippen LogP contribution in [0.2, 0.25) is 0 Å². The van der Waals surface area contributed by atoms with Crippen molar-refractivity contribution in [2.45, 2.75) is 18.9 Å². The van der Waals surface area contributed by atoms with E-state index in [0.717, 1.165) is 23.5 Å². The first-order valence-corrected chi connectivity index (χ1v) is 10.5. The number of benzene rings is 2. The maximum absolute atomic E-state index is 14.0. The highest BCUT2D eigenvalue weighted by molar-refractivity contribution is 5.94. The summed E-state index contributed by atoms with van der Waals surface area (Å²) in [6.45, 7) is 0.651. The van der Waals surface area contributed by atoms with Crippen LogP contribution in [-0.2, 0) is 11.8 Å². The Balaban J connectivity index is 1.42. The van der Waals surface area contributed by atoms with Crippen molar-refractivity contribution < 1.29 is 18.4 Å². The molecule has 1 unspecified atom stereocenters.